The summed E-state index contributed by atoms with van der Waals surface area (Å²) in [6.07, 6.45) is 5.42. The Bertz CT molecular complexity index is 495. The molecule has 0 aliphatic carbocycles. The maximum absolute atomic E-state index is 5.60. The van der Waals surface area contributed by atoms with E-state index in [1.54, 1.807) is 12.4 Å². The van der Waals surface area contributed by atoms with Crippen molar-refractivity contribution in [2.75, 3.05) is 13.1 Å². The molecule has 0 aliphatic heterocycles. The highest BCUT2D eigenvalue weighted by atomic mass is 16.4. The largest absolute Gasteiger partial charge is 0.421 e. The molecular formula is C13H18N4O. The Kier molecular flexibility index (Phi) is 4.41. The van der Waals surface area contributed by atoms with Crippen molar-refractivity contribution >= 4 is 0 Å². The molecule has 18 heavy (non-hydrogen) atoms. The van der Waals surface area contributed by atoms with Crippen molar-refractivity contribution in [3.8, 4) is 11.5 Å². The second-order valence-corrected chi connectivity index (χ2v) is 4.25. The summed E-state index contributed by atoms with van der Waals surface area (Å²) < 4.78 is 5.60. The van der Waals surface area contributed by atoms with E-state index in [4.69, 9.17) is 4.42 Å². The van der Waals surface area contributed by atoms with Crippen LogP contribution in [0.5, 0.6) is 0 Å². The van der Waals surface area contributed by atoms with Gasteiger partial charge in [-0.2, -0.15) is 0 Å². The van der Waals surface area contributed by atoms with Gasteiger partial charge in [-0.25, -0.2) is 0 Å². The van der Waals surface area contributed by atoms with Crippen molar-refractivity contribution in [1.82, 2.24) is 20.5 Å². The van der Waals surface area contributed by atoms with Gasteiger partial charge in [0.25, 0.3) is 0 Å². The molecule has 0 saturated heterocycles. The van der Waals surface area contributed by atoms with Gasteiger partial charge in [-0.1, -0.05) is 6.92 Å². The van der Waals surface area contributed by atoms with Gasteiger partial charge in [0.1, 0.15) is 0 Å². The molecule has 2 aromatic rings. The zero-order valence-corrected chi connectivity index (χ0v) is 10.8. The lowest BCUT2D eigenvalue weighted by molar-refractivity contribution is 0.494. The Morgan fingerprint density at radius 1 is 1.22 bits per heavy atom. The molecule has 2 heterocycles. The molecule has 2 aromatic heterocycles. The molecule has 5 heteroatoms. The summed E-state index contributed by atoms with van der Waals surface area (Å²) in [6.45, 7) is 6.01. The second kappa shape index (κ2) is 6.26. The van der Waals surface area contributed by atoms with Crippen molar-refractivity contribution in [3.05, 3.63) is 29.9 Å². The lowest BCUT2D eigenvalue weighted by atomic mass is 10.2. The molecule has 5 nitrogen and oxygen atoms in total. The van der Waals surface area contributed by atoms with Gasteiger partial charge in [0.2, 0.25) is 11.8 Å². The van der Waals surface area contributed by atoms with Crippen molar-refractivity contribution in [2.45, 2.75) is 26.7 Å². The molecule has 0 radical (unpaired) electrons. The normalized spacial score (nSPS) is 10.8. The van der Waals surface area contributed by atoms with Crippen molar-refractivity contribution < 1.29 is 4.42 Å². The number of hydrogen-bond donors (Lipinski definition) is 1. The third-order valence-electron chi connectivity index (χ3n) is 2.53. The van der Waals surface area contributed by atoms with E-state index >= 15 is 0 Å². The van der Waals surface area contributed by atoms with Gasteiger partial charge < -0.3 is 9.73 Å². The Balaban J connectivity index is 1.97. The smallest absolute Gasteiger partial charge is 0.249 e. The quantitative estimate of drug-likeness (QED) is 0.790. The zero-order chi connectivity index (χ0) is 12.8. The first kappa shape index (κ1) is 12.7. The highest BCUT2D eigenvalue weighted by molar-refractivity contribution is 5.51. The molecule has 2 rings (SSSR count). The van der Waals surface area contributed by atoms with Crippen LogP contribution < -0.4 is 5.32 Å². The monoisotopic (exact) mass is 246 g/mol. The number of hydrogen-bond acceptors (Lipinski definition) is 5. The molecule has 0 atom stereocenters. The van der Waals surface area contributed by atoms with Gasteiger partial charge in [0.15, 0.2) is 0 Å². The molecule has 0 aliphatic rings. The SMILES string of the molecule is CCCNCCc1nnc(-c2cncc(C)c2)o1. The summed E-state index contributed by atoms with van der Waals surface area (Å²) in [4.78, 5) is 4.12. The van der Waals surface area contributed by atoms with Crippen LogP contribution in [0.15, 0.2) is 22.9 Å². The minimum atomic E-state index is 0.539. The summed E-state index contributed by atoms with van der Waals surface area (Å²) >= 11 is 0. The van der Waals surface area contributed by atoms with Crippen LogP contribution in [0.25, 0.3) is 11.5 Å². The fourth-order valence-corrected chi connectivity index (χ4v) is 1.64. The average molecular weight is 246 g/mol. The van der Waals surface area contributed by atoms with Crippen LogP contribution in [0.2, 0.25) is 0 Å². The van der Waals surface area contributed by atoms with Crippen LogP contribution >= 0.6 is 0 Å². The Hall–Kier alpha value is -1.75. The lowest BCUT2D eigenvalue weighted by Gasteiger charge is -1.98. The predicted octanol–water partition coefficient (Wildman–Crippen LogP) is 1.98. The summed E-state index contributed by atoms with van der Waals surface area (Å²) in [6, 6.07) is 1.99. The summed E-state index contributed by atoms with van der Waals surface area (Å²) in [7, 11) is 0. The first-order valence-electron chi connectivity index (χ1n) is 6.24. The minimum absolute atomic E-state index is 0.539. The first-order valence-corrected chi connectivity index (χ1v) is 6.24. The second-order valence-electron chi connectivity index (χ2n) is 4.25. The van der Waals surface area contributed by atoms with Gasteiger partial charge in [0.05, 0.1) is 5.56 Å². The molecule has 0 spiro atoms. The van der Waals surface area contributed by atoms with Gasteiger partial charge in [0, 0.05) is 25.4 Å². The van der Waals surface area contributed by atoms with Crippen LogP contribution in [-0.2, 0) is 6.42 Å². The van der Waals surface area contributed by atoms with Crippen molar-refractivity contribution in [1.29, 1.82) is 0 Å². The Morgan fingerprint density at radius 3 is 2.89 bits per heavy atom. The number of aryl methyl sites for hydroxylation is 1. The number of nitrogens with zero attached hydrogens (tertiary/aromatic N) is 3. The van der Waals surface area contributed by atoms with Crippen molar-refractivity contribution in [3.63, 3.8) is 0 Å². The van der Waals surface area contributed by atoms with Crippen LogP contribution in [0, 0.1) is 6.92 Å². The van der Waals surface area contributed by atoms with Crippen LogP contribution in [0.3, 0.4) is 0 Å². The average Bonchev–Trinajstić information content (AvgIpc) is 2.83. The predicted molar refractivity (Wildman–Crippen MR) is 69.1 cm³/mol. The highest BCUT2D eigenvalue weighted by Gasteiger charge is 2.08. The zero-order valence-electron chi connectivity index (χ0n) is 10.8. The standard InChI is InChI=1S/C13H18N4O/c1-3-5-14-6-4-12-16-17-13(18-12)11-7-10(2)8-15-9-11/h7-9,14H,3-6H2,1-2H3. The lowest BCUT2D eigenvalue weighted by Crippen LogP contribution is -2.17. The van der Waals surface area contributed by atoms with Gasteiger partial charge in [-0.3, -0.25) is 4.98 Å². The topological polar surface area (TPSA) is 63.8 Å². The van der Waals surface area contributed by atoms with E-state index in [9.17, 15) is 0 Å². The van der Waals surface area contributed by atoms with E-state index < -0.39 is 0 Å². The number of aromatic nitrogens is 3. The van der Waals surface area contributed by atoms with Crippen LogP contribution in [0.4, 0.5) is 0 Å². The van der Waals surface area contributed by atoms with E-state index in [1.165, 1.54) is 0 Å². The minimum Gasteiger partial charge on any atom is -0.421 e. The fraction of sp³-hybridized carbons (Fsp3) is 0.462. The fourth-order valence-electron chi connectivity index (χ4n) is 1.64. The number of rotatable bonds is 6. The molecule has 0 saturated carbocycles. The summed E-state index contributed by atoms with van der Waals surface area (Å²) in [5.41, 5.74) is 1.95. The van der Waals surface area contributed by atoms with E-state index in [2.05, 4.69) is 27.4 Å². The van der Waals surface area contributed by atoms with Crippen LogP contribution in [-0.4, -0.2) is 28.3 Å². The third kappa shape index (κ3) is 3.37. The van der Waals surface area contributed by atoms with Gasteiger partial charge in [-0.15, -0.1) is 10.2 Å². The van der Waals surface area contributed by atoms with E-state index in [0.29, 0.717) is 11.8 Å². The maximum Gasteiger partial charge on any atom is 0.249 e. The third-order valence-corrected chi connectivity index (χ3v) is 2.53. The van der Waals surface area contributed by atoms with E-state index in [-0.39, 0.29) is 0 Å². The molecule has 1 N–H and O–H groups in total. The maximum atomic E-state index is 5.60. The Morgan fingerprint density at radius 2 is 2.11 bits per heavy atom. The summed E-state index contributed by atoms with van der Waals surface area (Å²) in [5.74, 6) is 1.20. The molecule has 96 valence electrons. The molecule has 0 amide bonds. The van der Waals surface area contributed by atoms with Crippen molar-refractivity contribution in [2.24, 2.45) is 0 Å². The van der Waals surface area contributed by atoms with Gasteiger partial charge in [-0.05, 0) is 31.5 Å². The molecule has 0 bridgehead atoms. The molecular weight excluding hydrogens is 228 g/mol. The Labute approximate surface area is 107 Å². The molecule has 0 aromatic carbocycles. The molecule has 0 unspecified atom stereocenters. The first-order chi connectivity index (χ1) is 8.79. The highest BCUT2D eigenvalue weighted by Crippen LogP contribution is 2.17. The number of pyridine rings is 1. The summed E-state index contributed by atoms with van der Waals surface area (Å²) in [5, 5.41) is 11.4. The van der Waals surface area contributed by atoms with Crippen LogP contribution in [0.1, 0.15) is 24.8 Å². The number of nitrogens with one attached hydrogen (secondary N) is 1. The van der Waals surface area contributed by atoms with Gasteiger partial charge >= 0.3 is 0 Å². The van der Waals surface area contributed by atoms with E-state index in [0.717, 1.165) is 37.1 Å². The molecule has 0 fully saturated rings. The van der Waals surface area contributed by atoms with E-state index in [1.807, 2.05) is 13.0 Å².